The zero-order valence-corrected chi connectivity index (χ0v) is 13.0. The molecular formula is C17H21NO4. The van der Waals surface area contributed by atoms with E-state index in [9.17, 15) is 14.7 Å². The molecule has 22 heavy (non-hydrogen) atoms. The molecule has 2 N–H and O–H groups in total. The van der Waals surface area contributed by atoms with Crippen LogP contribution in [0.1, 0.15) is 42.3 Å². The summed E-state index contributed by atoms with van der Waals surface area (Å²) in [6.07, 6.45) is 4.02. The molecule has 0 aliphatic rings. The van der Waals surface area contributed by atoms with Crippen molar-refractivity contribution in [1.29, 1.82) is 0 Å². The molecule has 0 bridgehead atoms. The minimum Gasteiger partial charge on any atom is -0.481 e. The van der Waals surface area contributed by atoms with Gasteiger partial charge in [-0.05, 0) is 35.7 Å². The van der Waals surface area contributed by atoms with Crippen molar-refractivity contribution in [2.24, 2.45) is 0 Å². The fourth-order valence-electron chi connectivity index (χ4n) is 2.11. The Balaban J connectivity index is 0.00000116. The number of carbonyl (C=O) groups is 2. The van der Waals surface area contributed by atoms with E-state index in [-0.39, 0.29) is 12.0 Å². The fourth-order valence-corrected chi connectivity index (χ4v) is 2.11. The Labute approximate surface area is 129 Å². The van der Waals surface area contributed by atoms with E-state index in [1.165, 1.54) is 0 Å². The summed E-state index contributed by atoms with van der Waals surface area (Å²) in [6, 6.07) is 6.93. The Morgan fingerprint density at radius 2 is 1.82 bits per heavy atom. The van der Waals surface area contributed by atoms with E-state index in [1.54, 1.807) is 35.2 Å². The van der Waals surface area contributed by atoms with Crippen LogP contribution in [0, 0.1) is 0 Å². The first-order chi connectivity index (χ1) is 10.5. The Hall–Kier alpha value is -2.56. The first-order valence-electron chi connectivity index (χ1n) is 7.26. The highest BCUT2D eigenvalue weighted by Crippen LogP contribution is 2.17. The van der Waals surface area contributed by atoms with Crippen molar-refractivity contribution in [2.45, 2.75) is 33.6 Å². The summed E-state index contributed by atoms with van der Waals surface area (Å²) in [5, 5.41) is 18.0. The third-order valence-corrected chi connectivity index (χ3v) is 3.11. The molecule has 0 aliphatic heterocycles. The van der Waals surface area contributed by atoms with Crippen LogP contribution < -0.4 is 0 Å². The number of carboxylic acids is 2. The zero-order chi connectivity index (χ0) is 16.7. The Bertz CT molecular complexity index is 658. The van der Waals surface area contributed by atoms with Crippen LogP contribution in [-0.4, -0.2) is 26.7 Å². The average Bonchev–Trinajstić information content (AvgIpc) is 2.96. The van der Waals surface area contributed by atoms with Crippen molar-refractivity contribution in [3.8, 4) is 5.69 Å². The Morgan fingerprint density at radius 1 is 1.14 bits per heavy atom. The first-order valence-corrected chi connectivity index (χ1v) is 7.26. The molecule has 1 aromatic carbocycles. The van der Waals surface area contributed by atoms with Crippen LogP contribution in [0.5, 0.6) is 0 Å². The summed E-state index contributed by atoms with van der Waals surface area (Å²) >= 11 is 0. The molecule has 1 heterocycles. The van der Waals surface area contributed by atoms with Crippen LogP contribution in [0.2, 0.25) is 0 Å². The maximum absolute atomic E-state index is 11.2. The third kappa shape index (κ3) is 4.22. The zero-order valence-electron chi connectivity index (χ0n) is 13.0. The maximum Gasteiger partial charge on any atom is 0.336 e. The van der Waals surface area contributed by atoms with Gasteiger partial charge in [0.05, 0.1) is 12.0 Å². The van der Waals surface area contributed by atoms with Gasteiger partial charge >= 0.3 is 11.9 Å². The molecule has 2 rings (SSSR count). The molecule has 0 unspecified atom stereocenters. The van der Waals surface area contributed by atoms with Gasteiger partial charge < -0.3 is 14.8 Å². The predicted molar refractivity (Wildman–Crippen MR) is 84.8 cm³/mol. The molecule has 0 saturated heterocycles. The number of aromatic nitrogens is 1. The van der Waals surface area contributed by atoms with Gasteiger partial charge in [-0.15, -0.1) is 0 Å². The molecule has 2 aromatic rings. The van der Waals surface area contributed by atoms with E-state index >= 15 is 0 Å². The van der Waals surface area contributed by atoms with E-state index in [1.807, 2.05) is 26.8 Å². The minimum atomic E-state index is -0.957. The van der Waals surface area contributed by atoms with Crippen LogP contribution >= 0.6 is 0 Å². The van der Waals surface area contributed by atoms with E-state index in [4.69, 9.17) is 5.11 Å². The lowest BCUT2D eigenvalue weighted by Gasteiger charge is -2.08. The molecule has 0 atom stereocenters. The second-order valence-electron chi connectivity index (χ2n) is 4.50. The highest BCUT2D eigenvalue weighted by Gasteiger charge is 2.11. The van der Waals surface area contributed by atoms with Crippen LogP contribution in [0.3, 0.4) is 0 Å². The second-order valence-corrected chi connectivity index (χ2v) is 4.50. The molecular weight excluding hydrogens is 282 g/mol. The van der Waals surface area contributed by atoms with Crippen molar-refractivity contribution in [2.75, 3.05) is 0 Å². The van der Waals surface area contributed by atoms with E-state index in [0.29, 0.717) is 17.7 Å². The second kappa shape index (κ2) is 8.02. The number of aromatic carboxylic acids is 1. The van der Waals surface area contributed by atoms with Gasteiger partial charge in [-0.3, -0.25) is 4.79 Å². The standard InChI is InChI=1S/C15H15NO4.C2H6/c1-2-11-3-4-12(8-13(11)15(19)20)16-6-5-10(9-16)7-14(17)18;1-2/h3-6,8-9H,2,7H2,1H3,(H,17,18)(H,19,20);1-2H3. The van der Waals surface area contributed by atoms with E-state index < -0.39 is 11.9 Å². The van der Waals surface area contributed by atoms with Gasteiger partial charge in [-0.2, -0.15) is 0 Å². The largest absolute Gasteiger partial charge is 0.481 e. The number of nitrogens with zero attached hydrogens (tertiary/aromatic N) is 1. The van der Waals surface area contributed by atoms with Crippen molar-refractivity contribution in [1.82, 2.24) is 4.57 Å². The summed E-state index contributed by atoms with van der Waals surface area (Å²) < 4.78 is 1.73. The number of carboxylic acid groups (broad SMARTS) is 2. The molecule has 118 valence electrons. The minimum absolute atomic E-state index is 0.0498. The molecule has 5 heteroatoms. The monoisotopic (exact) mass is 303 g/mol. The van der Waals surface area contributed by atoms with Gasteiger partial charge in [0.25, 0.3) is 0 Å². The van der Waals surface area contributed by atoms with Gasteiger partial charge in [-0.1, -0.05) is 26.8 Å². The molecule has 0 spiro atoms. The molecule has 0 fully saturated rings. The molecule has 0 amide bonds. The number of aliphatic carboxylic acids is 1. The van der Waals surface area contributed by atoms with Crippen LogP contribution in [0.15, 0.2) is 36.7 Å². The average molecular weight is 303 g/mol. The van der Waals surface area contributed by atoms with Crippen LogP contribution in [0.4, 0.5) is 0 Å². The number of aryl methyl sites for hydroxylation is 1. The Morgan fingerprint density at radius 3 is 2.36 bits per heavy atom. The lowest BCUT2D eigenvalue weighted by molar-refractivity contribution is -0.136. The summed E-state index contributed by atoms with van der Waals surface area (Å²) in [6.45, 7) is 5.90. The van der Waals surface area contributed by atoms with Crippen LogP contribution in [0.25, 0.3) is 5.69 Å². The van der Waals surface area contributed by atoms with Gasteiger partial charge in [0.2, 0.25) is 0 Å². The summed E-state index contributed by atoms with van der Waals surface area (Å²) in [7, 11) is 0. The first kappa shape index (κ1) is 17.5. The molecule has 0 saturated carbocycles. The molecule has 5 nitrogen and oxygen atoms in total. The topological polar surface area (TPSA) is 79.5 Å². The normalized spacial score (nSPS) is 9.77. The molecule has 0 aliphatic carbocycles. The van der Waals surface area contributed by atoms with Gasteiger partial charge in [0.15, 0.2) is 0 Å². The molecule has 0 radical (unpaired) electrons. The highest BCUT2D eigenvalue weighted by atomic mass is 16.4. The summed E-state index contributed by atoms with van der Waals surface area (Å²) in [5.41, 5.74) is 2.43. The SMILES string of the molecule is CC.CCc1ccc(-n2ccc(CC(=O)O)c2)cc1C(=O)O. The lowest BCUT2D eigenvalue weighted by atomic mass is 10.0. The van der Waals surface area contributed by atoms with Gasteiger partial charge in [0, 0.05) is 18.1 Å². The predicted octanol–water partition coefficient (Wildman–Crippen LogP) is 3.39. The van der Waals surface area contributed by atoms with E-state index in [2.05, 4.69) is 0 Å². The van der Waals surface area contributed by atoms with Crippen molar-refractivity contribution in [3.05, 3.63) is 53.3 Å². The van der Waals surface area contributed by atoms with Crippen molar-refractivity contribution in [3.63, 3.8) is 0 Å². The lowest BCUT2D eigenvalue weighted by Crippen LogP contribution is -2.04. The number of hydrogen-bond acceptors (Lipinski definition) is 2. The van der Waals surface area contributed by atoms with Crippen molar-refractivity contribution >= 4 is 11.9 Å². The quantitative estimate of drug-likeness (QED) is 0.887. The van der Waals surface area contributed by atoms with Crippen molar-refractivity contribution < 1.29 is 19.8 Å². The highest BCUT2D eigenvalue weighted by molar-refractivity contribution is 5.90. The number of hydrogen-bond donors (Lipinski definition) is 2. The van der Waals surface area contributed by atoms with Gasteiger partial charge in [-0.25, -0.2) is 4.79 Å². The summed E-state index contributed by atoms with van der Waals surface area (Å²) in [5.74, 6) is -1.85. The fraction of sp³-hybridized carbons (Fsp3) is 0.294. The van der Waals surface area contributed by atoms with Crippen LogP contribution in [-0.2, 0) is 17.6 Å². The summed E-state index contributed by atoms with van der Waals surface area (Å²) in [4.78, 5) is 21.9. The van der Waals surface area contributed by atoms with E-state index in [0.717, 1.165) is 5.56 Å². The smallest absolute Gasteiger partial charge is 0.336 e. The maximum atomic E-state index is 11.2. The van der Waals surface area contributed by atoms with Gasteiger partial charge in [0.1, 0.15) is 0 Å². The molecule has 1 aromatic heterocycles. The number of benzene rings is 1. The third-order valence-electron chi connectivity index (χ3n) is 3.11. The number of rotatable bonds is 5. The Kier molecular flexibility index (Phi) is 6.38.